The third kappa shape index (κ3) is 6.52. The number of carbonyl (C=O) groups is 1. The Balaban J connectivity index is 1.23. The summed E-state index contributed by atoms with van der Waals surface area (Å²) in [5.41, 5.74) is 1.87. The molecule has 1 aromatic carbocycles. The topological polar surface area (TPSA) is 97.8 Å². The van der Waals surface area contributed by atoms with Gasteiger partial charge in [-0.1, -0.05) is 12.1 Å². The van der Waals surface area contributed by atoms with Crippen LogP contribution >= 0.6 is 0 Å². The summed E-state index contributed by atoms with van der Waals surface area (Å²) in [5, 5.41) is 2.93. The van der Waals surface area contributed by atoms with Crippen molar-refractivity contribution in [3.63, 3.8) is 0 Å². The molecule has 0 radical (unpaired) electrons. The second-order valence-corrected chi connectivity index (χ2v) is 10.4. The third-order valence-corrected chi connectivity index (χ3v) is 7.96. The van der Waals surface area contributed by atoms with Gasteiger partial charge in [0.05, 0.1) is 18.1 Å². The molecule has 1 aromatic heterocycles. The van der Waals surface area contributed by atoms with Crippen molar-refractivity contribution in [2.24, 2.45) is 0 Å². The van der Waals surface area contributed by atoms with Crippen molar-refractivity contribution in [3.8, 4) is 5.88 Å². The molecule has 2 fully saturated rings. The van der Waals surface area contributed by atoms with Crippen LogP contribution in [0.25, 0.3) is 0 Å². The molecule has 33 heavy (non-hydrogen) atoms. The lowest BCUT2D eigenvalue weighted by molar-refractivity contribution is -0.121. The van der Waals surface area contributed by atoms with Crippen LogP contribution < -0.4 is 10.1 Å². The first-order valence-electron chi connectivity index (χ1n) is 11.6. The van der Waals surface area contributed by atoms with E-state index in [4.69, 9.17) is 9.47 Å². The van der Waals surface area contributed by atoms with Crippen molar-refractivity contribution in [1.29, 1.82) is 0 Å². The molecule has 1 aliphatic heterocycles. The number of carbonyl (C=O) groups excluding carboxylic acids is 1. The van der Waals surface area contributed by atoms with E-state index < -0.39 is 10.0 Å². The van der Waals surface area contributed by atoms with Crippen LogP contribution in [0.3, 0.4) is 0 Å². The first-order valence-corrected chi connectivity index (χ1v) is 13.0. The number of aryl methyl sites for hydroxylation is 1. The highest BCUT2D eigenvalue weighted by atomic mass is 32.2. The van der Waals surface area contributed by atoms with Gasteiger partial charge < -0.3 is 14.8 Å². The van der Waals surface area contributed by atoms with E-state index >= 15 is 0 Å². The van der Waals surface area contributed by atoms with Gasteiger partial charge in [-0.3, -0.25) is 4.79 Å². The maximum Gasteiger partial charge on any atom is 0.243 e. The smallest absolute Gasteiger partial charge is 0.243 e. The molecule has 4 rings (SSSR count). The van der Waals surface area contributed by atoms with Crippen molar-refractivity contribution in [2.45, 2.75) is 56.1 Å². The number of nitrogens with zero attached hydrogens (tertiary/aromatic N) is 2. The van der Waals surface area contributed by atoms with Crippen LogP contribution in [0.2, 0.25) is 0 Å². The Bertz CT molecular complexity index is 1030. The van der Waals surface area contributed by atoms with Crippen LogP contribution in [0.1, 0.15) is 43.2 Å². The molecule has 0 bridgehead atoms. The quantitative estimate of drug-likeness (QED) is 0.601. The predicted octanol–water partition coefficient (Wildman–Crippen LogP) is 2.67. The lowest BCUT2D eigenvalue weighted by atomic mass is 10.1. The Morgan fingerprint density at radius 2 is 1.82 bits per heavy atom. The maximum atomic E-state index is 12.7. The first-order chi connectivity index (χ1) is 16.0. The van der Waals surface area contributed by atoms with E-state index in [9.17, 15) is 13.2 Å². The van der Waals surface area contributed by atoms with Gasteiger partial charge in [-0.05, 0) is 61.4 Å². The minimum Gasteiger partial charge on any atom is -0.474 e. The second-order valence-electron chi connectivity index (χ2n) is 8.46. The van der Waals surface area contributed by atoms with Crippen LogP contribution in [0.5, 0.6) is 5.88 Å². The minimum absolute atomic E-state index is 0.0601. The molecular formula is C24H31N3O5S. The van der Waals surface area contributed by atoms with Gasteiger partial charge in [0.1, 0.15) is 6.10 Å². The third-order valence-electron chi connectivity index (χ3n) is 6.05. The number of hydrogen-bond acceptors (Lipinski definition) is 6. The van der Waals surface area contributed by atoms with Crippen LogP contribution in [-0.2, 0) is 32.5 Å². The summed E-state index contributed by atoms with van der Waals surface area (Å²) in [6.45, 7) is 1.99. The van der Waals surface area contributed by atoms with E-state index in [1.165, 1.54) is 17.1 Å². The fourth-order valence-electron chi connectivity index (χ4n) is 4.11. The van der Waals surface area contributed by atoms with E-state index in [1.54, 1.807) is 30.5 Å². The number of pyridine rings is 1. The Labute approximate surface area is 195 Å². The van der Waals surface area contributed by atoms with Gasteiger partial charge in [-0.2, -0.15) is 4.31 Å². The van der Waals surface area contributed by atoms with E-state index in [0.29, 0.717) is 51.6 Å². The monoisotopic (exact) mass is 473 g/mol. The molecule has 178 valence electrons. The van der Waals surface area contributed by atoms with E-state index in [1.807, 2.05) is 12.1 Å². The number of aromatic nitrogens is 1. The van der Waals surface area contributed by atoms with Gasteiger partial charge in [0, 0.05) is 38.3 Å². The highest BCUT2D eigenvalue weighted by Gasteiger charge is 2.26. The van der Waals surface area contributed by atoms with E-state index in [-0.39, 0.29) is 16.9 Å². The van der Waals surface area contributed by atoms with E-state index in [0.717, 1.165) is 24.0 Å². The summed E-state index contributed by atoms with van der Waals surface area (Å²) < 4.78 is 38.0. The largest absolute Gasteiger partial charge is 0.474 e. The van der Waals surface area contributed by atoms with Crippen LogP contribution in [0.4, 0.5) is 0 Å². The highest BCUT2D eigenvalue weighted by Crippen LogP contribution is 2.23. The number of morpholine rings is 1. The number of benzene rings is 1. The molecule has 1 N–H and O–H groups in total. The zero-order valence-electron chi connectivity index (χ0n) is 18.7. The normalized spacial score (nSPS) is 17.7. The molecular weight excluding hydrogens is 442 g/mol. The summed E-state index contributed by atoms with van der Waals surface area (Å²) >= 11 is 0. The van der Waals surface area contributed by atoms with E-state index in [2.05, 4.69) is 10.3 Å². The lowest BCUT2D eigenvalue weighted by Crippen LogP contribution is -2.40. The molecule has 8 nitrogen and oxygen atoms in total. The SMILES string of the molecule is O=C(CCc1ccc(S(=O)(=O)N2CCOCC2)cc1)NCc1ccnc(OC2CCCC2)c1. The van der Waals surface area contributed by atoms with Gasteiger partial charge in [0.2, 0.25) is 21.8 Å². The maximum absolute atomic E-state index is 12.7. The summed E-state index contributed by atoms with van der Waals surface area (Å²) in [6.07, 6.45) is 7.36. The summed E-state index contributed by atoms with van der Waals surface area (Å²) in [4.78, 5) is 16.9. The Morgan fingerprint density at radius 1 is 1.09 bits per heavy atom. The molecule has 0 spiro atoms. The molecule has 2 heterocycles. The Kier molecular flexibility index (Phi) is 7.95. The average Bonchev–Trinajstić information content (AvgIpc) is 3.35. The molecule has 1 saturated heterocycles. The lowest BCUT2D eigenvalue weighted by Gasteiger charge is -2.26. The number of amides is 1. The molecule has 1 aliphatic carbocycles. The van der Waals surface area contributed by atoms with Crippen LogP contribution in [-0.4, -0.2) is 56.0 Å². The molecule has 1 saturated carbocycles. The number of ether oxygens (including phenoxy) is 2. The molecule has 1 amide bonds. The summed E-state index contributed by atoms with van der Waals surface area (Å²) in [5.74, 6) is 0.552. The second kappa shape index (κ2) is 11.1. The Morgan fingerprint density at radius 3 is 2.55 bits per heavy atom. The van der Waals surface area contributed by atoms with Crippen LogP contribution in [0, 0.1) is 0 Å². The fourth-order valence-corrected chi connectivity index (χ4v) is 5.52. The average molecular weight is 474 g/mol. The van der Waals surface area contributed by atoms with Crippen molar-refractivity contribution in [3.05, 3.63) is 53.7 Å². The Hall–Kier alpha value is -2.49. The molecule has 0 unspecified atom stereocenters. The highest BCUT2D eigenvalue weighted by molar-refractivity contribution is 7.89. The molecule has 2 aliphatic rings. The summed E-state index contributed by atoms with van der Waals surface area (Å²) in [6, 6.07) is 10.5. The van der Waals surface area contributed by atoms with Gasteiger partial charge in [0.25, 0.3) is 0 Å². The standard InChI is InChI=1S/C24H31N3O5S/c28-23(26-18-20-11-12-25-24(17-20)32-21-3-1-2-4-21)10-7-19-5-8-22(9-6-19)33(29,30)27-13-15-31-16-14-27/h5-6,8-9,11-12,17,21H,1-4,7,10,13-16,18H2,(H,26,28). The van der Waals surface area contributed by atoms with Crippen molar-refractivity contribution < 1.29 is 22.7 Å². The number of rotatable bonds is 9. The fraction of sp³-hybridized carbons (Fsp3) is 0.500. The van der Waals surface area contributed by atoms with Gasteiger partial charge in [0.15, 0.2) is 0 Å². The van der Waals surface area contributed by atoms with Gasteiger partial charge in [-0.15, -0.1) is 0 Å². The zero-order chi connectivity index (χ0) is 23.1. The number of hydrogen-bond donors (Lipinski definition) is 1. The first kappa shape index (κ1) is 23.7. The van der Waals surface area contributed by atoms with Crippen molar-refractivity contribution in [1.82, 2.24) is 14.6 Å². The van der Waals surface area contributed by atoms with Crippen molar-refractivity contribution >= 4 is 15.9 Å². The van der Waals surface area contributed by atoms with Crippen molar-refractivity contribution in [2.75, 3.05) is 26.3 Å². The molecule has 0 atom stereocenters. The number of sulfonamides is 1. The number of nitrogens with one attached hydrogen (secondary N) is 1. The molecule has 2 aromatic rings. The minimum atomic E-state index is -3.50. The zero-order valence-corrected chi connectivity index (χ0v) is 19.6. The summed E-state index contributed by atoms with van der Waals surface area (Å²) in [7, 11) is -3.50. The predicted molar refractivity (Wildman–Crippen MR) is 123 cm³/mol. The van der Waals surface area contributed by atoms with Crippen LogP contribution in [0.15, 0.2) is 47.5 Å². The van der Waals surface area contributed by atoms with Gasteiger partial charge in [-0.25, -0.2) is 13.4 Å². The van der Waals surface area contributed by atoms with Gasteiger partial charge >= 0.3 is 0 Å². The molecule has 9 heteroatoms.